The van der Waals surface area contributed by atoms with E-state index < -0.39 is 11.7 Å². The maximum absolute atomic E-state index is 11.9. The summed E-state index contributed by atoms with van der Waals surface area (Å²) in [6.07, 6.45) is 4.66. The number of methoxy groups -OCH3 is 2. The molecule has 1 saturated carbocycles. The lowest BCUT2D eigenvalue weighted by atomic mass is 9.68. The third-order valence-corrected chi connectivity index (χ3v) is 3.79. The van der Waals surface area contributed by atoms with Crippen molar-refractivity contribution in [3.8, 4) is 0 Å². The smallest absolute Gasteiger partial charge is 0.312 e. The monoisotopic (exact) mass is 242 g/mol. The molecule has 0 amide bonds. The van der Waals surface area contributed by atoms with E-state index in [1.54, 1.807) is 6.08 Å². The maximum atomic E-state index is 11.9. The van der Waals surface area contributed by atoms with Crippen LogP contribution in [0.2, 0.25) is 0 Å². The normalized spacial score (nSPS) is 30.6. The zero-order valence-electron chi connectivity index (χ0n) is 10.6. The number of hydrogen-bond donors (Lipinski definition) is 1. The van der Waals surface area contributed by atoms with Gasteiger partial charge >= 0.3 is 5.97 Å². The number of ether oxygens (including phenoxy) is 2. The van der Waals surface area contributed by atoms with Crippen LogP contribution in [-0.2, 0) is 14.3 Å². The van der Waals surface area contributed by atoms with Gasteiger partial charge in [0.2, 0.25) is 0 Å². The van der Waals surface area contributed by atoms with Crippen molar-refractivity contribution in [2.24, 2.45) is 11.3 Å². The van der Waals surface area contributed by atoms with Crippen LogP contribution in [0, 0.1) is 11.3 Å². The van der Waals surface area contributed by atoms with Gasteiger partial charge in [-0.2, -0.15) is 0 Å². The summed E-state index contributed by atoms with van der Waals surface area (Å²) < 4.78 is 9.81. The van der Waals surface area contributed by atoms with Gasteiger partial charge in [0.1, 0.15) is 0 Å². The Balaban J connectivity index is 2.67. The van der Waals surface area contributed by atoms with Crippen LogP contribution >= 0.6 is 0 Å². The van der Waals surface area contributed by atoms with E-state index >= 15 is 0 Å². The molecule has 1 aliphatic rings. The van der Waals surface area contributed by atoms with Crippen molar-refractivity contribution in [2.75, 3.05) is 14.2 Å². The highest BCUT2D eigenvalue weighted by Crippen LogP contribution is 2.43. The molecular formula is C13H22O4. The Morgan fingerprint density at radius 1 is 1.53 bits per heavy atom. The predicted molar refractivity (Wildman–Crippen MR) is 64.2 cm³/mol. The summed E-state index contributed by atoms with van der Waals surface area (Å²) in [5, 5.41) is 9.62. The Bertz CT molecular complexity index is 267. The highest BCUT2D eigenvalue weighted by molar-refractivity contribution is 5.77. The van der Waals surface area contributed by atoms with Crippen molar-refractivity contribution >= 4 is 5.97 Å². The Kier molecular flexibility index (Phi) is 5.15. The van der Waals surface area contributed by atoms with Crippen LogP contribution in [0.3, 0.4) is 0 Å². The Labute approximate surface area is 103 Å². The molecule has 0 aromatic heterocycles. The highest BCUT2D eigenvalue weighted by atomic mass is 16.6. The second-order valence-electron chi connectivity index (χ2n) is 4.73. The first-order valence-electron chi connectivity index (χ1n) is 6.00. The van der Waals surface area contributed by atoms with Gasteiger partial charge < -0.3 is 14.6 Å². The molecule has 1 aliphatic carbocycles. The van der Waals surface area contributed by atoms with Gasteiger partial charge in [-0.25, -0.2) is 0 Å². The van der Waals surface area contributed by atoms with Crippen LogP contribution in [0.1, 0.15) is 32.1 Å². The van der Waals surface area contributed by atoms with Gasteiger partial charge in [0.15, 0.2) is 6.29 Å². The number of aliphatic hydroxyl groups is 1. The summed E-state index contributed by atoms with van der Waals surface area (Å²) in [7, 11) is 2.92. The molecule has 0 aliphatic heterocycles. The fourth-order valence-electron chi connectivity index (χ4n) is 2.65. The Morgan fingerprint density at radius 3 is 2.53 bits per heavy atom. The lowest BCUT2D eigenvalue weighted by Crippen LogP contribution is -2.38. The van der Waals surface area contributed by atoms with E-state index in [9.17, 15) is 9.90 Å². The lowest BCUT2D eigenvalue weighted by Gasteiger charge is -2.38. The van der Waals surface area contributed by atoms with Crippen LogP contribution < -0.4 is 0 Å². The van der Waals surface area contributed by atoms with Crippen LogP contribution in [0.25, 0.3) is 0 Å². The van der Waals surface area contributed by atoms with Gasteiger partial charge in [-0.05, 0) is 32.1 Å². The molecule has 0 aromatic carbocycles. The zero-order valence-corrected chi connectivity index (χ0v) is 10.6. The first kappa shape index (κ1) is 14.2. The minimum atomic E-state index is -0.727. The van der Waals surface area contributed by atoms with Crippen LogP contribution in [0.15, 0.2) is 12.7 Å². The number of esters is 1. The zero-order chi connectivity index (χ0) is 12.9. The van der Waals surface area contributed by atoms with E-state index in [1.807, 2.05) is 0 Å². The van der Waals surface area contributed by atoms with Crippen LogP contribution in [0.5, 0.6) is 0 Å². The standard InChI is InChI=1S/C13H22O4/c1-4-7-13(12(15)17-3)8-5-10(6-9-13)11(14)16-2/h4,10-11,14H,1,5-9H2,2-3H3. The second-order valence-corrected chi connectivity index (χ2v) is 4.73. The molecule has 0 radical (unpaired) electrons. The fraction of sp³-hybridized carbons (Fsp3) is 0.769. The molecule has 1 fully saturated rings. The predicted octanol–water partition coefficient (Wildman–Crippen LogP) is 1.88. The van der Waals surface area contributed by atoms with Gasteiger partial charge in [0, 0.05) is 13.0 Å². The summed E-state index contributed by atoms with van der Waals surface area (Å²) >= 11 is 0. The van der Waals surface area contributed by atoms with E-state index in [2.05, 4.69) is 6.58 Å². The largest absolute Gasteiger partial charge is 0.469 e. The quantitative estimate of drug-likeness (QED) is 0.454. The second kappa shape index (κ2) is 6.17. The molecular weight excluding hydrogens is 220 g/mol. The first-order valence-corrected chi connectivity index (χ1v) is 6.00. The third-order valence-electron chi connectivity index (χ3n) is 3.79. The number of rotatable bonds is 5. The molecule has 1 N–H and O–H groups in total. The summed E-state index contributed by atoms with van der Waals surface area (Å²) in [5.41, 5.74) is -0.444. The van der Waals surface area contributed by atoms with Crippen LogP contribution in [-0.4, -0.2) is 31.6 Å². The minimum absolute atomic E-state index is 0.114. The van der Waals surface area contributed by atoms with E-state index in [1.165, 1.54) is 14.2 Å². The molecule has 1 rings (SSSR count). The summed E-state index contributed by atoms with van der Waals surface area (Å²) in [6.45, 7) is 3.70. The molecule has 98 valence electrons. The van der Waals surface area contributed by atoms with Crippen LogP contribution in [0.4, 0.5) is 0 Å². The van der Waals surface area contributed by atoms with Crippen molar-refractivity contribution in [3.63, 3.8) is 0 Å². The Morgan fingerprint density at radius 2 is 2.12 bits per heavy atom. The molecule has 0 aromatic rings. The number of hydrogen-bond acceptors (Lipinski definition) is 4. The maximum Gasteiger partial charge on any atom is 0.312 e. The number of aliphatic hydroxyl groups excluding tert-OH is 1. The van der Waals surface area contributed by atoms with Gasteiger partial charge in [-0.3, -0.25) is 4.79 Å². The first-order chi connectivity index (χ1) is 8.09. The van der Waals surface area contributed by atoms with Gasteiger partial charge in [-0.15, -0.1) is 6.58 Å². The molecule has 4 heteroatoms. The summed E-state index contributed by atoms with van der Waals surface area (Å²) in [5.74, 6) is -0.0506. The van der Waals surface area contributed by atoms with E-state index in [0.29, 0.717) is 6.42 Å². The van der Waals surface area contributed by atoms with Crippen molar-refractivity contribution in [1.29, 1.82) is 0 Å². The average molecular weight is 242 g/mol. The highest BCUT2D eigenvalue weighted by Gasteiger charge is 2.43. The molecule has 0 saturated heterocycles. The molecule has 1 unspecified atom stereocenters. The molecule has 17 heavy (non-hydrogen) atoms. The summed E-state index contributed by atoms with van der Waals surface area (Å²) in [6, 6.07) is 0. The molecule has 0 spiro atoms. The van der Waals surface area contributed by atoms with Gasteiger partial charge in [0.05, 0.1) is 12.5 Å². The van der Waals surface area contributed by atoms with Crippen molar-refractivity contribution < 1.29 is 19.4 Å². The van der Waals surface area contributed by atoms with E-state index in [0.717, 1.165) is 25.7 Å². The third kappa shape index (κ3) is 3.07. The SMILES string of the molecule is C=CCC1(C(=O)OC)CCC(C(O)OC)CC1. The van der Waals surface area contributed by atoms with Crippen molar-refractivity contribution in [3.05, 3.63) is 12.7 Å². The van der Waals surface area contributed by atoms with Crippen molar-refractivity contribution in [2.45, 2.75) is 38.4 Å². The Hall–Kier alpha value is -0.870. The topological polar surface area (TPSA) is 55.8 Å². The molecule has 0 bridgehead atoms. The van der Waals surface area contributed by atoms with Gasteiger partial charge in [-0.1, -0.05) is 6.08 Å². The number of carbonyl (C=O) groups excluding carboxylic acids is 1. The number of carbonyl (C=O) groups is 1. The summed E-state index contributed by atoms with van der Waals surface area (Å²) in [4.78, 5) is 11.9. The molecule has 4 nitrogen and oxygen atoms in total. The molecule has 1 atom stereocenters. The van der Waals surface area contributed by atoms with E-state index in [4.69, 9.17) is 9.47 Å². The fourth-order valence-corrected chi connectivity index (χ4v) is 2.65. The van der Waals surface area contributed by atoms with Gasteiger partial charge in [0.25, 0.3) is 0 Å². The lowest BCUT2D eigenvalue weighted by molar-refractivity contribution is -0.161. The van der Waals surface area contributed by atoms with E-state index in [-0.39, 0.29) is 11.9 Å². The molecule has 0 heterocycles. The van der Waals surface area contributed by atoms with Crippen molar-refractivity contribution in [1.82, 2.24) is 0 Å². The number of allylic oxidation sites excluding steroid dienone is 1. The average Bonchev–Trinajstić information content (AvgIpc) is 2.38. The minimum Gasteiger partial charge on any atom is -0.469 e.